The van der Waals surface area contributed by atoms with Gasteiger partial charge in [-0.15, -0.1) is 0 Å². The van der Waals surface area contributed by atoms with Crippen LogP contribution in [0, 0.1) is 5.82 Å². The number of hydrogen-bond acceptors (Lipinski definition) is 3. The Hall–Kier alpha value is -3.19. The van der Waals surface area contributed by atoms with Crippen LogP contribution in [0.5, 0.6) is 0 Å². The molecule has 1 aromatic heterocycles. The van der Waals surface area contributed by atoms with Crippen molar-refractivity contribution in [3.63, 3.8) is 0 Å². The Kier molecular flexibility index (Phi) is 6.04. The molecule has 4 rings (SSSR count). The Morgan fingerprint density at radius 2 is 2.03 bits per heavy atom. The molecule has 0 atom stereocenters. The molecule has 0 radical (unpaired) electrons. The van der Waals surface area contributed by atoms with Gasteiger partial charge in [0.15, 0.2) is 0 Å². The number of fused-ring (bicyclic) bond motifs is 1. The van der Waals surface area contributed by atoms with Crippen LogP contribution in [0.3, 0.4) is 0 Å². The van der Waals surface area contributed by atoms with E-state index in [2.05, 4.69) is 4.90 Å². The van der Waals surface area contributed by atoms with Gasteiger partial charge in [-0.1, -0.05) is 30.3 Å². The van der Waals surface area contributed by atoms with E-state index in [0.717, 1.165) is 47.2 Å². The first-order chi connectivity index (χ1) is 14.9. The molecule has 3 aromatic rings. The van der Waals surface area contributed by atoms with Crippen molar-refractivity contribution in [1.82, 2.24) is 19.6 Å². The Balaban J connectivity index is 1.75. The number of aryl methyl sites for hydroxylation is 1. The Morgan fingerprint density at radius 3 is 2.71 bits per heavy atom. The van der Waals surface area contributed by atoms with Crippen LogP contribution in [0.1, 0.15) is 18.5 Å². The molecule has 0 saturated carbocycles. The number of halogens is 1. The third-order valence-electron chi connectivity index (χ3n) is 5.68. The lowest BCUT2D eigenvalue weighted by atomic mass is 9.99. The largest absolute Gasteiger partial charge is 0.465 e. The number of rotatable bonds is 6. The van der Waals surface area contributed by atoms with Crippen LogP contribution >= 0.6 is 0 Å². The molecule has 7 heteroatoms. The molecule has 1 aliphatic heterocycles. The fraction of sp³-hybridized carbons (Fsp3) is 0.333. The molecule has 1 amide bonds. The zero-order valence-corrected chi connectivity index (χ0v) is 17.9. The van der Waals surface area contributed by atoms with Crippen LogP contribution in [0.2, 0.25) is 0 Å². The van der Waals surface area contributed by atoms with Crippen LogP contribution < -0.4 is 0 Å². The first-order valence-electron chi connectivity index (χ1n) is 10.5. The highest BCUT2D eigenvalue weighted by molar-refractivity contribution is 5.93. The SMILES string of the molecule is CN(C)CCCn1nc2cc(-c3ccccc3F)ccc2c1C1=CCN(C(=O)O)CC1. The van der Waals surface area contributed by atoms with Crippen molar-refractivity contribution < 1.29 is 14.3 Å². The number of hydrogen-bond donors (Lipinski definition) is 1. The molecule has 2 heterocycles. The van der Waals surface area contributed by atoms with E-state index in [4.69, 9.17) is 5.10 Å². The average Bonchev–Trinajstić information content (AvgIpc) is 3.11. The van der Waals surface area contributed by atoms with Crippen LogP contribution in [0.25, 0.3) is 27.6 Å². The molecule has 0 unspecified atom stereocenters. The predicted octanol–water partition coefficient (Wildman–Crippen LogP) is 4.56. The maximum Gasteiger partial charge on any atom is 0.407 e. The molecule has 31 heavy (non-hydrogen) atoms. The van der Waals surface area contributed by atoms with E-state index in [9.17, 15) is 14.3 Å². The summed E-state index contributed by atoms with van der Waals surface area (Å²) in [7, 11) is 4.09. The van der Waals surface area contributed by atoms with E-state index in [1.165, 1.54) is 11.0 Å². The molecule has 1 N–H and O–H groups in total. The Bertz CT molecular complexity index is 1140. The predicted molar refractivity (Wildman–Crippen MR) is 120 cm³/mol. The maximum absolute atomic E-state index is 14.3. The highest BCUT2D eigenvalue weighted by atomic mass is 19.1. The van der Waals surface area contributed by atoms with Crippen molar-refractivity contribution in [2.75, 3.05) is 33.7 Å². The van der Waals surface area contributed by atoms with Crippen LogP contribution in [-0.2, 0) is 6.54 Å². The van der Waals surface area contributed by atoms with E-state index >= 15 is 0 Å². The highest BCUT2D eigenvalue weighted by Crippen LogP contribution is 2.33. The molecular weight excluding hydrogens is 395 g/mol. The molecule has 0 fully saturated rings. The summed E-state index contributed by atoms with van der Waals surface area (Å²) in [5, 5.41) is 15.1. The van der Waals surface area contributed by atoms with Gasteiger partial charge < -0.3 is 14.9 Å². The summed E-state index contributed by atoms with van der Waals surface area (Å²) in [6, 6.07) is 12.6. The van der Waals surface area contributed by atoms with E-state index < -0.39 is 6.09 Å². The normalized spacial score (nSPS) is 14.3. The summed E-state index contributed by atoms with van der Waals surface area (Å²) in [6.07, 6.45) is 2.69. The second kappa shape index (κ2) is 8.89. The summed E-state index contributed by atoms with van der Waals surface area (Å²) >= 11 is 0. The van der Waals surface area contributed by atoms with Gasteiger partial charge in [-0.3, -0.25) is 4.68 Å². The van der Waals surface area contributed by atoms with Gasteiger partial charge in [0.05, 0.1) is 11.2 Å². The Morgan fingerprint density at radius 1 is 1.23 bits per heavy atom. The van der Waals surface area contributed by atoms with Crippen molar-refractivity contribution in [2.24, 2.45) is 0 Å². The van der Waals surface area contributed by atoms with E-state index in [1.54, 1.807) is 12.1 Å². The standard InChI is InChI=1S/C24H27FN4O2/c1-27(2)12-5-13-29-23(17-10-14-28(15-11-17)24(30)31)20-9-8-18(16-22(20)26-29)19-6-3-4-7-21(19)25/h3-4,6-10,16H,5,11-15H2,1-2H3,(H,30,31). The van der Waals surface area contributed by atoms with Crippen molar-refractivity contribution in [2.45, 2.75) is 19.4 Å². The van der Waals surface area contributed by atoms with Gasteiger partial charge in [0, 0.05) is 30.6 Å². The second-order valence-electron chi connectivity index (χ2n) is 8.15. The Labute approximate surface area is 181 Å². The molecule has 1 aliphatic rings. The monoisotopic (exact) mass is 422 g/mol. The second-order valence-corrected chi connectivity index (χ2v) is 8.15. The molecule has 6 nitrogen and oxygen atoms in total. The fourth-order valence-corrected chi connectivity index (χ4v) is 4.09. The molecule has 0 aliphatic carbocycles. The lowest BCUT2D eigenvalue weighted by Gasteiger charge is -2.24. The van der Waals surface area contributed by atoms with E-state index in [0.29, 0.717) is 25.1 Å². The van der Waals surface area contributed by atoms with Crippen molar-refractivity contribution in [1.29, 1.82) is 0 Å². The zero-order valence-electron chi connectivity index (χ0n) is 17.9. The van der Waals surface area contributed by atoms with Gasteiger partial charge in [-0.25, -0.2) is 9.18 Å². The number of carbonyl (C=O) groups is 1. The molecule has 0 saturated heterocycles. The van der Waals surface area contributed by atoms with Crippen LogP contribution in [0.15, 0.2) is 48.5 Å². The number of amides is 1. The number of nitrogens with zero attached hydrogens (tertiary/aromatic N) is 4. The minimum atomic E-state index is -0.894. The first kappa shape index (κ1) is 21.1. The van der Waals surface area contributed by atoms with Crippen LogP contribution in [-0.4, -0.2) is 64.5 Å². The summed E-state index contributed by atoms with van der Waals surface area (Å²) in [5.74, 6) is -0.253. The van der Waals surface area contributed by atoms with Crippen molar-refractivity contribution in [3.05, 3.63) is 60.1 Å². The van der Waals surface area contributed by atoms with Gasteiger partial charge in [-0.2, -0.15) is 5.10 Å². The third-order valence-corrected chi connectivity index (χ3v) is 5.68. The first-order valence-corrected chi connectivity index (χ1v) is 10.5. The topological polar surface area (TPSA) is 61.6 Å². The van der Waals surface area contributed by atoms with Gasteiger partial charge >= 0.3 is 6.09 Å². The van der Waals surface area contributed by atoms with Crippen molar-refractivity contribution in [3.8, 4) is 11.1 Å². The summed E-state index contributed by atoms with van der Waals surface area (Å²) < 4.78 is 16.3. The molecular formula is C24H27FN4O2. The number of carboxylic acid groups (broad SMARTS) is 1. The lowest BCUT2D eigenvalue weighted by molar-refractivity contribution is 0.150. The van der Waals surface area contributed by atoms with Gasteiger partial charge in [0.25, 0.3) is 0 Å². The number of aromatic nitrogens is 2. The zero-order chi connectivity index (χ0) is 22.0. The van der Waals surface area contributed by atoms with Gasteiger partial charge in [0.2, 0.25) is 0 Å². The van der Waals surface area contributed by atoms with E-state index in [1.807, 2.05) is 49.1 Å². The summed E-state index contributed by atoms with van der Waals surface area (Å²) in [6.45, 7) is 2.56. The quantitative estimate of drug-likeness (QED) is 0.633. The molecule has 0 bridgehead atoms. The lowest BCUT2D eigenvalue weighted by Crippen LogP contribution is -2.33. The highest BCUT2D eigenvalue weighted by Gasteiger charge is 2.22. The number of benzene rings is 2. The van der Waals surface area contributed by atoms with Gasteiger partial charge in [0.1, 0.15) is 5.82 Å². The third kappa shape index (κ3) is 4.46. The fourth-order valence-electron chi connectivity index (χ4n) is 4.09. The van der Waals surface area contributed by atoms with E-state index in [-0.39, 0.29) is 5.82 Å². The summed E-state index contributed by atoms with van der Waals surface area (Å²) in [4.78, 5) is 14.8. The summed E-state index contributed by atoms with van der Waals surface area (Å²) in [5.41, 5.74) is 4.33. The maximum atomic E-state index is 14.3. The molecule has 162 valence electrons. The molecule has 0 spiro atoms. The minimum absolute atomic E-state index is 0.253. The van der Waals surface area contributed by atoms with Crippen LogP contribution in [0.4, 0.5) is 9.18 Å². The molecule has 2 aromatic carbocycles. The van der Waals surface area contributed by atoms with Crippen molar-refractivity contribution >= 4 is 22.6 Å². The average molecular weight is 423 g/mol. The van der Waals surface area contributed by atoms with Gasteiger partial charge in [-0.05, 0) is 62.8 Å². The smallest absolute Gasteiger partial charge is 0.407 e. The minimum Gasteiger partial charge on any atom is -0.465 e.